The summed E-state index contributed by atoms with van der Waals surface area (Å²) in [6, 6.07) is 23.7. The third-order valence-electron chi connectivity index (χ3n) is 13.5. The molecule has 0 atom stereocenters. The molecule has 0 unspecified atom stereocenters. The molecule has 0 saturated carbocycles. The third-order valence-corrected chi connectivity index (χ3v) is 14.9. The van der Waals surface area contributed by atoms with E-state index in [0.717, 1.165) is 48.5 Å². The molecular weight excluding hydrogens is 1180 g/mol. The van der Waals surface area contributed by atoms with Gasteiger partial charge in [0.15, 0.2) is 0 Å². The van der Waals surface area contributed by atoms with Gasteiger partial charge in [0.25, 0.3) is 27.7 Å². The second-order valence-corrected chi connectivity index (χ2v) is 20.9. The molecule has 8 rings (SSSR count). The summed E-state index contributed by atoms with van der Waals surface area (Å²) in [5.41, 5.74) is -19.4. The number of hydrogen-bond donors (Lipinski definition) is 8. The lowest BCUT2D eigenvalue weighted by Crippen LogP contribution is -2.54. The van der Waals surface area contributed by atoms with Gasteiger partial charge in [-0.3, -0.25) is 19.1 Å². The summed E-state index contributed by atoms with van der Waals surface area (Å²) in [7, 11) is -4.70. The van der Waals surface area contributed by atoms with Crippen molar-refractivity contribution in [2.45, 2.75) is 54.3 Å². The fourth-order valence-corrected chi connectivity index (χ4v) is 10.3. The maximum Gasteiger partial charge on any atom is 0.411 e. The topological polar surface area (TPSA) is 224 Å². The van der Waals surface area contributed by atoms with Gasteiger partial charge in [0.2, 0.25) is 10.8 Å². The number of aromatic hydroxyl groups is 4. The number of anilines is 4. The Bertz CT molecular complexity index is 4000. The predicted octanol–water partition coefficient (Wildman–Crippen LogP) is 14.3. The molecule has 14 nitrogen and oxygen atoms in total. The van der Waals surface area contributed by atoms with Crippen LogP contribution in [0, 0.1) is 13.8 Å². The van der Waals surface area contributed by atoms with Gasteiger partial charge in [0, 0.05) is 16.7 Å². The van der Waals surface area contributed by atoms with Gasteiger partial charge in [0.05, 0.1) is 27.6 Å². The number of ether oxygens (including phenoxy) is 1. The van der Waals surface area contributed by atoms with Crippen LogP contribution in [0.25, 0.3) is 0 Å². The molecule has 0 aliphatic heterocycles. The molecule has 0 fully saturated rings. The van der Waals surface area contributed by atoms with Crippen LogP contribution in [0.3, 0.4) is 0 Å². The SMILES string of the molecule is Cc1ccc(S(=O)(=O)Nc2cc(C(c3ccc(O)c(NC(=O)c4ccc(Oc5ccc(C(=O)Nc6cc(C(c7ccc(O)c(NC(=O)c8cccc(C)c8)c7)(C(F)(F)F)C(F)(F)F)ccc6O)cc5)cc4)c3)(C(F)(F)F)C(F)(F)F)ccc2O)cc1. The van der Waals surface area contributed by atoms with Crippen LogP contribution in [0.4, 0.5) is 75.4 Å². The van der Waals surface area contributed by atoms with Gasteiger partial charge < -0.3 is 41.1 Å². The number of nitrogens with one attached hydrogen (secondary N) is 4. The molecule has 8 N–H and O–H groups in total. The molecule has 86 heavy (non-hydrogen) atoms. The van der Waals surface area contributed by atoms with Crippen LogP contribution in [-0.4, -0.2) is 71.3 Å². The lowest BCUT2D eigenvalue weighted by atomic mass is 9.72. The highest BCUT2D eigenvalue weighted by molar-refractivity contribution is 7.92. The summed E-state index contributed by atoms with van der Waals surface area (Å²) in [6.07, 6.45) is -25.0. The van der Waals surface area contributed by atoms with Crippen molar-refractivity contribution in [2.75, 3.05) is 20.7 Å². The molecule has 0 saturated heterocycles. The highest BCUT2D eigenvalue weighted by Crippen LogP contribution is 2.59. The Labute approximate surface area is 479 Å². The second-order valence-electron chi connectivity index (χ2n) is 19.2. The Morgan fingerprint density at radius 3 is 1.05 bits per heavy atom. The highest BCUT2D eigenvalue weighted by Gasteiger charge is 2.74. The molecule has 0 heterocycles. The van der Waals surface area contributed by atoms with Crippen LogP contribution in [0.5, 0.6) is 34.5 Å². The average Bonchev–Trinajstić information content (AvgIpc) is 0.729. The molecule has 0 aromatic heterocycles. The van der Waals surface area contributed by atoms with Gasteiger partial charge in [-0.05, 0) is 157 Å². The minimum absolute atomic E-state index is 0.0314. The lowest BCUT2D eigenvalue weighted by molar-refractivity contribution is -0.290. The van der Waals surface area contributed by atoms with Crippen LogP contribution >= 0.6 is 0 Å². The van der Waals surface area contributed by atoms with Crippen molar-refractivity contribution in [3.05, 3.63) is 220 Å². The number of carbonyl (C=O) groups is 3. The van der Waals surface area contributed by atoms with Gasteiger partial charge >= 0.3 is 24.7 Å². The summed E-state index contributed by atoms with van der Waals surface area (Å²) in [4.78, 5) is 39.3. The summed E-state index contributed by atoms with van der Waals surface area (Å²) < 4.78 is 217. The quantitative estimate of drug-likeness (QED) is 0.0358. The number of hydrogen-bond acceptors (Lipinski definition) is 10. The van der Waals surface area contributed by atoms with E-state index in [4.69, 9.17) is 4.74 Å². The fourth-order valence-electron chi connectivity index (χ4n) is 9.20. The predicted molar refractivity (Wildman–Crippen MR) is 288 cm³/mol. The van der Waals surface area contributed by atoms with E-state index < -0.39 is 136 Å². The van der Waals surface area contributed by atoms with E-state index in [9.17, 15) is 43.2 Å². The minimum atomic E-state index is -6.28. The Morgan fingerprint density at radius 1 is 0.384 bits per heavy atom. The zero-order valence-electron chi connectivity index (χ0n) is 43.8. The molecule has 0 spiro atoms. The molecule has 0 bridgehead atoms. The van der Waals surface area contributed by atoms with Crippen molar-refractivity contribution >= 4 is 50.5 Å². The van der Waals surface area contributed by atoms with Crippen molar-refractivity contribution < 1.29 is 101 Å². The van der Waals surface area contributed by atoms with Crippen molar-refractivity contribution in [1.82, 2.24) is 0 Å². The van der Waals surface area contributed by atoms with E-state index in [0.29, 0.717) is 53.6 Å². The van der Waals surface area contributed by atoms with Gasteiger partial charge in [0.1, 0.15) is 34.5 Å². The molecule has 0 radical (unpaired) electrons. The number of phenolic OH excluding ortho intramolecular Hbond substituents is 4. The average molecular weight is 1230 g/mol. The number of alkyl halides is 12. The van der Waals surface area contributed by atoms with E-state index >= 15 is 52.7 Å². The first-order valence-corrected chi connectivity index (χ1v) is 26.1. The fraction of sp³-hybridized carbons (Fsp3) is 0.136. The van der Waals surface area contributed by atoms with E-state index in [1.165, 1.54) is 42.5 Å². The van der Waals surface area contributed by atoms with Gasteiger partial charge in [-0.1, -0.05) is 59.7 Å². The number of benzene rings is 8. The number of phenols is 4. The molecule has 8 aromatic carbocycles. The van der Waals surface area contributed by atoms with Crippen molar-refractivity contribution in [3.63, 3.8) is 0 Å². The molecule has 448 valence electrons. The Hall–Kier alpha value is -9.92. The summed E-state index contributed by atoms with van der Waals surface area (Å²) in [5.74, 6) is -7.28. The van der Waals surface area contributed by atoms with Crippen LogP contribution < -0.4 is 25.4 Å². The normalized spacial score (nSPS) is 12.5. The Kier molecular flexibility index (Phi) is 16.6. The number of amides is 3. The smallest absolute Gasteiger partial charge is 0.411 e. The molecular formula is C59H42F12N4O10S. The standard InChI is InChI=1S/C59H42F12N4O10S/c1-31-6-20-42(21-7-31)86(83,84)75-46-30-39(15-25-50(46)79)55(58(66,67)68,59(69,70)71)38-14-23-48(77)44(28-38)73-52(81)34-10-18-41(19-11-34)85-40-16-8-33(9-17-40)51(80)72-43-27-36(12-22-47(43)76)54(56(60,61)62,57(63,64)65)37-13-24-49(78)45(29-37)74-53(82)35-5-3-4-32(2)26-35/h3-30,75-79H,1-2H3,(H,72,80)(H,73,81)(H,74,82). The zero-order valence-corrected chi connectivity index (χ0v) is 44.7. The first-order chi connectivity index (χ1) is 40.1. The molecule has 0 aliphatic rings. The number of aryl methyl sites for hydroxylation is 2. The van der Waals surface area contributed by atoms with Crippen molar-refractivity contribution in [2.24, 2.45) is 0 Å². The molecule has 8 aromatic rings. The van der Waals surface area contributed by atoms with E-state index in [1.807, 2.05) is 10.0 Å². The Balaban J connectivity index is 0.990. The number of rotatable bonds is 15. The third kappa shape index (κ3) is 12.1. The second kappa shape index (κ2) is 22.9. The largest absolute Gasteiger partial charge is 0.506 e. The van der Waals surface area contributed by atoms with Gasteiger partial charge in [-0.25, -0.2) is 8.42 Å². The summed E-state index contributed by atoms with van der Waals surface area (Å²) in [6.45, 7) is 3.23. The van der Waals surface area contributed by atoms with E-state index in [-0.39, 0.29) is 58.5 Å². The van der Waals surface area contributed by atoms with Gasteiger partial charge in [-0.2, -0.15) is 52.7 Å². The van der Waals surface area contributed by atoms with Crippen LogP contribution in [0.15, 0.2) is 175 Å². The molecule has 3 amide bonds. The first kappa shape index (κ1) is 62.1. The maximum atomic E-state index is 15.3. The van der Waals surface area contributed by atoms with Crippen molar-refractivity contribution in [1.29, 1.82) is 0 Å². The van der Waals surface area contributed by atoms with Crippen LogP contribution in [0.2, 0.25) is 0 Å². The van der Waals surface area contributed by atoms with Crippen molar-refractivity contribution in [3.8, 4) is 34.5 Å². The summed E-state index contributed by atoms with van der Waals surface area (Å²) >= 11 is 0. The van der Waals surface area contributed by atoms with E-state index in [2.05, 4.69) is 10.6 Å². The molecule has 0 aliphatic carbocycles. The molecule has 27 heteroatoms. The number of halogens is 12. The number of carbonyl (C=O) groups excluding carboxylic acids is 3. The van der Waals surface area contributed by atoms with Gasteiger partial charge in [-0.15, -0.1) is 0 Å². The Morgan fingerprint density at radius 2 is 0.709 bits per heavy atom. The minimum Gasteiger partial charge on any atom is -0.506 e. The zero-order chi connectivity index (χ0) is 63.1. The lowest BCUT2D eigenvalue weighted by Gasteiger charge is -2.38. The monoisotopic (exact) mass is 1230 g/mol. The van der Waals surface area contributed by atoms with Crippen LogP contribution in [0.1, 0.15) is 64.5 Å². The maximum absolute atomic E-state index is 15.3. The van der Waals surface area contributed by atoms with E-state index in [1.54, 1.807) is 19.9 Å². The first-order valence-electron chi connectivity index (χ1n) is 24.7. The summed E-state index contributed by atoms with van der Waals surface area (Å²) in [5, 5.41) is 48.4. The number of sulfonamides is 1. The van der Waals surface area contributed by atoms with Crippen LogP contribution in [-0.2, 0) is 20.9 Å². The highest BCUT2D eigenvalue weighted by atomic mass is 32.2.